The fourth-order valence-corrected chi connectivity index (χ4v) is 3.42. The first-order chi connectivity index (χ1) is 7.60. The minimum atomic E-state index is 0.360. The van der Waals surface area contributed by atoms with Crippen molar-refractivity contribution in [1.82, 2.24) is 5.32 Å². The fourth-order valence-electron chi connectivity index (χ4n) is 3.42. The first kappa shape index (κ1) is 12.4. The van der Waals surface area contributed by atoms with Gasteiger partial charge in [0.2, 0.25) is 0 Å². The van der Waals surface area contributed by atoms with E-state index in [9.17, 15) is 0 Å². The number of nitrogens with two attached hydrogens (primary N) is 1. The Hall–Kier alpha value is -0.0800. The molecular formula is C14H28N2. The molecule has 2 nitrogen and oxygen atoms in total. The van der Waals surface area contributed by atoms with Crippen LogP contribution in [0.4, 0.5) is 0 Å². The molecule has 0 aromatic carbocycles. The molecule has 0 spiro atoms. The van der Waals surface area contributed by atoms with E-state index in [2.05, 4.69) is 19.2 Å². The summed E-state index contributed by atoms with van der Waals surface area (Å²) in [5, 5.41) is 3.71. The number of hydrogen-bond donors (Lipinski definition) is 2. The molecule has 2 unspecified atom stereocenters. The Kier molecular flexibility index (Phi) is 3.60. The van der Waals surface area contributed by atoms with Gasteiger partial charge in [-0.1, -0.05) is 26.7 Å². The molecule has 0 bridgehead atoms. The van der Waals surface area contributed by atoms with Crippen molar-refractivity contribution in [1.29, 1.82) is 0 Å². The molecule has 3 N–H and O–H groups in total. The van der Waals surface area contributed by atoms with Crippen LogP contribution in [0, 0.1) is 10.8 Å². The summed E-state index contributed by atoms with van der Waals surface area (Å²) in [4.78, 5) is 0. The number of hydrogen-bond acceptors (Lipinski definition) is 2. The van der Waals surface area contributed by atoms with Gasteiger partial charge < -0.3 is 11.1 Å². The topological polar surface area (TPSA) is 38.0 Å². The average molecular weight is 224 g/mol. The third-order valence-electron chi connectivity index (χ3n) is 5.35. The summed E-state index contributed by atoms with van der Waals surface area (Å²) in [7, 11) is 0. The summed E-state index contributed by atoms with van der Waals surface area (Å²) >= 11 is 0. The van der Waals surface area contributed by atoms with Gasteiger partial charge in [-0.15, -0.1) is 0 Å². The second-order valence-corrected chi connectivity index (χ2v) is 6.46. The molecule has 2 rings (SSSR count). The van der Waals surface area contributed by atoms with Gasteiger partial charge in [-0.25, -0.2) is 0 Å². The highest BCUT2D eigenvalue weighted by Crippen LogP contribution is 2.43. The van der Waals surface area contributed by atoms with Crippen molar-refractivity contribution in [3.05, 3.63) is 0 Å². The maximum absolute atomic E-state index is 6.20. The van der Waals surface area contributed by atoms with Crippen LogP contribution in [0.1, 0.15) is 58.8 Å². The van der Waals surface area contributed by atoms with Crippen LogP contribution in [-0.4, -0.2) is 19.1 Å². The summed E-state index contributed by atoms with van der Waals surface area (Å²) < 4.78 is 0. The van der Waals surface area contributed by atoms with Gasteiger partial charge >= 0.3 is 0 Å². The Balaban J connectivity index is 1.75. The zero-order valence-electron chi connectivity index (χ0n) is 11.0. The Morgan fingerprint density at radius 1 is 1.19 bits per heavy atom. The van der Waals surface area contributed by atoms with E-state index in [1.807, 2.05) is 0 Å². The van der Waals surface area contributed by atoms with E-state index in [1.165, 1.54) is 51.5 Å². The molecule has 2 atom stereocenters. The van der Waals surface area contributed by atoms with Gasteiger partial charge in [0, 0.05) is 19.1 Å². The van der Waals surface area contributed by atoms with Gasteiger partial charge in [-0.05, 0) is 42.9 Å². The minimum Gasteiger partial charge on any atom is -0.327 e. The molecule has 2 fully saturated rings. The molecule has 0 aliphatic heterocycles. The maximum Gasteiger partial charge on any atom is 0.0105 e. The van der Waals surface area contributed by atoms with Crippen molar-refractivity contribution < 1.29 is 0 Å². The predicted octanol–water partition coefficient (Wildman–Crippen LogP) is 2.67. The standard InChI is InChI=1S/C14H28N2/c1-3-14(8-5-9-14)11-16-10-13(2)7-4-6-12(13)15/h12,16H,3-11,15H2,1-2H3. The second kappa shape index (κ2) is 4.66. The van der Waals surface area contributed by atoms with E-state index in [4.69, 9.17) is 5.73 Å². The highest BCUT2D eigenvalue weighted by atomic mass is 14.9. The zero-order valence-corrected chi connectivity index (χ0v) is 11.0. The molecule has 2 saturated carbocycles. The van der Waals surface area contributed by atoms with E-state index in [0.29, 0.717) is 16.9 Å². The Bertz CT molecular complexity index is 229. The van der Waals surface area contributed by atoms with E-state index in [-0.39, 0.29) is 0 Å². The molecule has 2 aliphatic carbocycles. The van der Waals surface area contributed by atoms with Gasteiger partial charge in [0.25, 0.3) is 0 Å². The Morgan fingerprint density at radius 3 is 2.38 bits per heavy atom. The highest BCUT2D eigenvalue weighted by molar-refractivity contribution is 4.94. The number of rotatable bonds is 5. The molecule has 0 aromatic rings. The molecule has 0 radical (unpaired) electrons. The van der Waals surface area contributed by atoms with Crippen LogP contribution in [0.2, 0.25) is 0 Å². The lowest BCUT2D eigenvalue weighted by atomic mass is 9.67. The van der Waals surface area contributed by atoms with Crippen LogP contribution < -0.4 is 11.1 Å². The van der Waals surface area contributed by atoms with Crippen molar-refractivity contribution in [2.75, 3.05) is 13.1 Å². The highest BCUT2D eigenvalue weighted by Gasteiger charge is 2.38. The van der Waals surface area contributed by atoms with Crippen LogP contribution in [-0.2, 0) is 0 Å². The Morgan fingerprint density at radius 2 is 1.94 bits per heavy atom. The molecule has 16 heavy (non-hydrogen) atoms. The summed E-state index contributed by atoms with van der Waals surface area (Å²) in [5.74, 6) is 0. The molecule has 0 amide bonds. The van der Waals surface area contributed by atoms with Gasteiger partial charge in [-0.2, -0.15) is 0 Å². The lowest BCUT2D eigenvalue weighted by molar-refractivity contribution is 0.116. The van der Waals surface area contributed by atoms with E-state index >= 15 is 0 Å². The van der Waals surface area contributed by atoms with Crippen molar-refractivity contribution in [3.63, 3.8) is 0 Å². The van der Waals surface area contributed by atoms with Crippen LogP contribution in [0.5, 0.6) is 0 Å². The van der Waals surface area contributed by atoms with Crippen LogP contribution in [0.3, 0.4) is 0 Å². The van der Waals surface area contributed by atoms with Crippen LogP contribution in [0.25, 0.3) is 0 Å². The summed E-state index contributed by atoms with van der Waals surface area (Å²) in [6.07, 6.45) is 9.48. The van der Waals surface area contributed by atoms with E-state index < -0.39 is 0 Å². The first-order valence-corrected chi connectivity index (χ1v) is 7.07. The van der Waals surface area contributed by atoms with Crippen molar-refractivity contribution in [2.24, 2.45) is 16.6 Å². The van der Waals surface area contributed by atoms with Crippen molar-refractivity contribution in [3.8, 4) is 0 Å². The van der Waals surface area contributed by atoms with Crippen LogP contribution in [0.15, 0.2) is 0 Å². The minimum absolute atomic E-state index is 0.360. The SMILES string of the molecule is CCC1(CNCC2(C)CCCC2N)CCC1. The van der Waals surface area contributed by atoms with E-state index in [1.54, 1.807) is 0 Å². The third kappa shape index (κ3) is 2.28. The summed E-state index contributed by atoms with van der Waals surface area (Å²) in [5.41, 5.74) is 7.20. The normalized spacial score (nSPS) is 37.3. The molecule has 2 aliphatic rings. The lowest BCUT2D eigenvalue weighted by Crippen LogP contribution is -2.46. The Labute approximate surface area is 100 Å². The van der Waals surface area contributed by atoms with Gasteiger partial charge in [0.05, 0.1) is 0 Å². The molecule has 0 heterocycles. The summed E-state index contributed by atoms with van der Waals surface area (Å²) in [6, 6.07) is 0.416. The number of nitrogens with one attached hydrogen (secondary N) is 1. The predicted molar refractivity (Wildman–Crippen MR) is 69.4 cm³/mol. The zero-order chi connectivity index (χ0) is 11.6. The summed E-state index contributed by atoms with van der Waals surface area (Å²) in [6.45, 7) is 7.03. The second-order valence-electron chi connectivity index (χ2n) is 6.46. The van der Waals surface area contributed by atoms with Crippen molar-refractivity contribution >= 4 is 0 Å². The molecule has 2 heteroatoms. The molecule has 0 aromatic heterocycles. The maximum atomic E-state index is 6.20. The largest absolute Gasteiger partial charge is 0.327 e. The van der Waals surface area contributed by atoms with Gasteiger partial charge in [0.1, 0.15) is 0 Å². The molecule has 0 saturated heterocycles. The molecular weight excluding hydrogens is 196 g/mol. The lowest BCUT2D eigenvalue weighted by Gasteiger charge is -2.42. The quantitative estimate of drug-likeness (QED) is 0.753. The third-order valence-corrected chi connectivity index (χ3v) is 5.35. The van der Waals surface area contributed by atoms with Crippen molar-refractivity contribution in [2.45, 2.75) is 64.8 Å². The van der Waals surface area contributed by atoms with Crippen LogP contribution >= 0.6 is 0 Å². The first-order valence-electron chi connectivity index (χ1n) is 7.07. The van der Waals surface area contributed by atoms with Gasteiger partial charge in [-0.3, -0.25) is 0 Å². The average Bonchev–Trinajstić information content (AvgIpc) is 2.52. The smallest absolute Gasteiger partial charge is 0.0105 e. The van der Waals surface area contributed by atoms with Gasteiger partial charge in [0.15, 0.2) is 0 Å². The molecule has 94 valence electrons. The monoisotopic (exact) mass is 224 g/mol. The van der Waals surface area contributed by atoms with E-state index in [0.717, 1.165) is 6.54 Å². The fraction of sp³-hybridized carbons (Fsp3) is 1.00.